The highest BCUT2D eigenvalue weighted by Crippen LogP contribution is 2.25. The fourth-order valence-corrected chi connectivity index (χ4v) is 4.31. The Kier molecular flexibility index (Phi) is 11.8. The molecule has 0 aliphatic heterocycles. The fraction of sp³-hybridized carbons (Fsp3) is 0.591. The van der Waals surface area contributed by atoms with E-state index in [9.17, 15) is 22.8 Å². The third kappa shape index (κ3) is 11.0. The van der Waals surface area contributed by atoms with Crippen LogP contribution >= 0.6 is 23.2 Å². The van der Waals surface area contributed by atoms with Gasteiger partial charge in [-0.15, -0.1) is 0 Å². The molecule has 0 saturated heterocycles. The smallest absolute Gasteiger partial charge is 0.243 e. The molecule has 0 bridgehead atoms. The summed E-state index contributed by atoms with van der Waals surface area (Å²) in [7, 11) is -3.10. The van der Waals surface area contributed by atoms with E-state index >= 15 is 0 Å². The molecule has 1 rings (SSSR count). The first-order chi connectivity index (χ1) is 15.6. The Bertz CT molecular complexity index is 960. The number of likely N-dealkylation sites (N-methyl/N-ethyl adjacent to an activating group) is 1. The molecule has 3 amide bonds. The largest absolute Gasteiger partial charge is 0.355 e. The average molecular weight is 538 g/mol. The molecule has 0 saturated carbocycles. The van der Waals surface area contributed by atoms with Crippen molar-refractivity contribution in [2.45, 2.75) is 46.2 Å². The van der Waals surface area contributed by atoms with E-state index in [1.807, 2.05) is 6.92 Å². The van der Waals surface area contributed by atoms with E-state index in [-0.39, 0.29) is 25.3 Å². The molecule has 192 valence electrons. The fourth-order valence-electron chi connectivity index (χ4n) is 3.10. The highest BCUT2D eigenvalue weighted by molar-refractivity contribution is 7.90. The van der Waals surface area contributed by atoms with Crippen molar-refractivity contribution in [2.75, 3.05) is 31.6 Å². The molecular weight excluding hydrogens is 503 g/mol. The van der Waals surface area contributed by atoms with Crippen molar-refractivity contribution in [3.63, 3.8) is 0 Å². The van der Waals surface area contributed by atoms with E-state index in [0.29, 0.717) is 22.2 Å². The standard InChI is InChI=1S/C22H34Cl2N4O5S/c1-6-25-18(14-10-15(23)12-16(24)11-14)20(30)28-19(22(2,3)4)21(31)27-13-17(29)26-8-7-9-34(5,32)33/h10-12,18-19,25H,6-9,13H2,1-5H3,(H,26,29)(H,27,31)(H,28,30). The summed E-state index contributed by atoms with van der Waals surface area (Å²) in [6, 6.07) is 3.08. The van der Waals surface area contributed by atoms with Crippen molar-refractivity contribution in [1.29, 1.82) is 0 Å². The van der Waals surface area contributed by atoms with Crippen LogP contribution in [0.3, 0.4) is 0 Å². The zero-order valence-electron chi connectivity index (χ0n) is 20.1. The predicted molar refractivity (Wildman–Crippen MR) is 135 cm³/mol. The SMILES string of the molecule is CCNC(C(=O)NC(C(=O)NCC(=O)NCCCS(C)(=O)=O)C(C)(C)C)c1cc(Cl)cc(Cl)c1. The van der Waals surface area contributed by atoms with Gasteiger partial charge in [0.05, 0.1) is 12.3 Å². The number of carbonyl (C=O) groups is 3. The monoisotopic (exact) mass is 536 g/mol. The third-order valence-corrected chi connectivity index (χ3v) is 6.21. The van der Waals surface area contributed by atoms with Crippen molar-refractivity contribution in [1.82, 2.24) is 21.3 Å². The molecule has 2 atom stereocenters. The van der Waals surface area contributed by atoms with E-state index < -0.39 is 45.1 Å². The quantitative estimate of drug-likeness (QED) is 0.301. The molecule has 9 nitrogen and oxygen atoms in total. The predicted octanol–water partition coefficient (Wildman–Crippen LogP) is 1.84. The maximum Gasteiger partial charge on any atom is 0.243 e. The van der Waals surface area contributed by atoms with Crippen LogP contribution in [0.4, 0.5) is 0 Å². The maximum atomic E-state index is 13.1. The van der Waals surface area contributed by atoms with Gasteiger partial charge in [-0.2, -0.15) is 0 Å². The summed E-state index contributed by atoms with van der Waals surface area (Å²) in [5, 5.41) is 11.7. The molecule has 1 aromatic rings. The van der Waals surface area contributed by atoms with Gasteiger partial charge >= 0.3 is 0 Å². The first-order valence-corrected chi connectivity index (χ1v) is 13.7. The summed E-state index contributed by atoms with van der Waals surface area (Å²) in [5.41, 5.74) is -0.104. The lowest BCUT2D eigenvalue weighted by atomic mass is 9.85. The molecule has 0 radical (unpaired) electrons. The zero-order valence-corrected chi connectivity index (χ0v) is 22.5. The summed E-state index contributed by atoms with van der Waals surface area (Å²) in [5.74, 6) is -1.46. The normalized spacial score (nSPS) is 13.6. The number of carbonyl (C=O) groups excluding carboxylic acids is 3. The van der Waals surface area contributed by atoms with Gasteiger partial charge < -0.3 is 21.3 Å². The number of nitrogens with one attached hydrogen (secondary N) is 4. The molecular formula is C22H34Cl2N4O5S. The van der Waals surface area contributed by atoms with Gasteiger partial charge in [0, 0.05) is 22.8 Å². The number of hydrogen-bond acceptors (Lipinski definition) is 6. The second kappa shape index (κ2) is 13.3. The second-order valence-corrected chi connectivity index (χ2v) is 12.2. The highest BCUT2D eigenvalue weighted by Gasteiger charge is 2.35. The van der Waals surface area contributed by atoms with Crippen LogP contribution in [0.25, 0.3) is 0 Å². The number of amides is 3. The Labute approximate surface area is 211 Å². The van der Waals surface area contributed by atoms with Crippen LogP contribution in [0.15, 0.2) is 18.2 Å². The number of rotatable bonds is 12. The zero-order chi connectivity index (χ0) is 26.1. The van der Waals surface area contributed by atoms with Gasteiger partial charge in [0.1, 0.15) is 21.9 Å². The number of benzene rings is 1. The van der Waals surface area contributed by atoms with Crippen LogP contribution in [0.1, 0.15) is 45.7 Å². The highest BCUT2D eigenvalue weighted by atomic mass is 35.5. The summed E-state index contributed by atoms with van der Waals surface area (Å²) < 4.78 is 22.3. The van der Waals surface area contributed by atoms with Gasteiger partial charge in [0.2, 0.25) is 17.7 Å². The molecule has 0 aliphatic rings. The minimum atomic E-state index is -3.10. The van der Waals surface area contributed by atoms with Gasteiger partial charge in [-0.05, 0) is 42.1 Å². The Morgan fingerprint density at radius 2 is 1.59 bits per heavy atom. The van der Waals surface area contributed by atoms with Crippen molar-refractivity contribution in [3.8, 4) is 0 Å². The Morgan fingerprint density at radius 3 is 2.09 bits per heavy atom. The van der Waals surface area contributed by atoms with Gasteiger partial charge in [0.15, 0.2) is 0 Å². The van der Waals surface area contributed by atoms with Crippen molar-refractivity contribution in [2.24, 2.45) is 5.41 Å². The Morgan fingerprint density at radius 1 is 1.00 bits per heavy atom. The lowest BCUT2D eigenvalue weighted by Gasteiger charge is -2.32. The van der Waals surface area contributed by atoms with Crippen molar-refractivity contribution >= 4 is 50.8 Å². The molecule has 1 aromatic carbocycles. The van der Waals surface area contributed by atoms with Gasteiger partial charge in [0.25, 0.3) is 0 Å². The first-order valence-electron chi connectivity index (χ1n) is 10.9. The summed E-state index contributed by atoms with van der Waals surface area (Å²) in [4.78, 5) is 38.0. The van der Waals surface area contributed by atoms with E-state index in [2.05, 4.69) is 21.3 Å². The third-order valence-electron chi connectivity index (χ3n) is 4.74. The Hall–Kier alpha value is -1.88. The molecule has 0 spiro atoms. The lowest BCUT2D eigenvalue weighted by molar-refractivity contribution is -0.133. The number of hydrogen-bond donors (Lipinski definition) is 4. The van der Waals surface area contributed by atoms with Crippen LogP contribution in [0.5, 0.6) is 0 Å². The minimum Gasteiger partial charge on any atom is -0.355 e. The van der Waals surface area contributed by atoms with Crippen LogP contribution in [0.2, 0.25) is 10.0 Å². The molecule has 0 heterocycles. The number of sulfone groups is 1. The van der Waals surface area contributed by atoms with Gasteiger partial charge in [-0.3, -0.25) is 14.4 Å². The van der Waals surface area contributed by atoms with Crippen molar-refractivity contribution in [3.05, 3.63) is 33.8 Å². The van der Waals surface area contributed by atoms with E-state index in [4.69, 9.17) is 23.2 Å². The first kappa shape index (κ1) is 30.2. The maximum absolute atomic E-state index is 13.1. The molecule has 4 N–H and O–H groups in total. The molecule has 12 heteroatoms. The van der Waals surface area contributed by atoms with Crippen LogP contribution in [-0.4, -0.2) is 63.8 Å². The van der Waals surface area contributed by atoms with E-state index in [0.717, 1.165) is 6.26 Å². The van der Waals surface area contributed by atoms with E-state index in [1.54, 1.807) is 39.0 Å². The summed E-state index contributed by atoms with van der Waals surface area (Å²) in [6.07, 6.45) is 1.40. The molecule has 0 aromatic heterocycles. The van der Waals surface area contributed by atoms with Crippen LogP contribution < -0.4 is 21.3 Å². The van der Waals surface area contributed by atoms with Crippen LogP contribution in [-0.2, 0) is 24.2 Å². The molecule has 0 fully saturated rings. The molecule has 34 heavy (non-hydrogen) atoms. The molecule has 0 aliphatic carbocycles. The Balaban J connectivity index is 2.83. The average Bonchev–Trinajstić information content (AvgIpc) is 2.69. The van der Waals surface area contributed by atoms with Gasteiger partial charge in [-0.25, -0.2) is 8.42 Å². The van der Waals surface area contributed by atoms with E-state index in [1.165, 1.54) is 0 Å². The minimum absolute atomic E-state index is 0.0391. The summed E-state index contributed by atoms with van der Waals surface area (Å²) in [6.45, 7) is 7.57. The topological polar surface area (TPSA) is 133 Å². The second-order valence-electron chi connectivity index (χ2n) is 9.05. The van der Waals surface area contributed by atoms with Crippen LogP contribution in [0, 0.1) is 5.41 Å². The van der Waals surface area contributed by atoms with Crippen molar-refractivity contribution < 1.29 is 22.8 Å². The lowest BCUT2D eigenvalue weighted by Crippen LogP contribution is -2.56. The summed E-state index contributed by atoms with van der Waals surface area (Å²) >= 11 is 12.2. The van der Waals surface area contributed by atoms with Gasteiger partial charge in [-0.1, -0.05) is 50.9 Å². The number of halogens is 2. The molecule has 2 unspecified atom stereocenters.